The zero-order valence-corrected chi connectivity index (χ0v) is 9.75. The van der Waals surface area contributed by atoms with Gasteiger partial charge in [-0.2, -0.15) is 0 Å². The van der Waals surface area contributed by atoms with Crippen LogP contribution in [-0.2, 0) is 11.3 Å². The molecule has 0 aromatic heterocycles. The maximum atomic E-state index is 10.6. The predicted octanol–water partition coefficient (Wildman–Crippen LogP) is 0.921. The van der Waals surface area contributed by atoms with Gasteiger partial charge in [-0.3, -0.25) is 4.79 Å². The standard InChI is InChI=1S/C12H18N2O2/c1-10(15)14-6-7-16-12-5-3-4-11(8-12)9-13-2/h3-5,8,13H,6-7,9H2,1-2H3,(H,14,15). The van der Waals surface area contributed by atoms with Crippen LogP contribution in [-0.4, -0.2) is 26.1 Å². The number of amides is 1. The van der Waals surface area contributed by atoms with Crippen LogP contribution in [0.1, 0.15) is 12.5 Å². The van der Waals surface area contributed by atoms with Crippen molar-refractivity contribution in [1.82, 2.24) is 10.6 Å². The van der Waals surface area contributed by atoms with Crippen molar-refractivity contribution in [3.63, 3.8) is 0 Å². The summed E-state index contributed by atoms with van der Waals surface area (Å²) in [6.07, 6.45) is 0. The van der Waals surface area contributed by atoms with Crippen molar-refractivity contribution in [3.8, 4) is 5.75 Å². The van der Waals surface area contributed by atoms with Crippen LogP contribution in [0.5, 0.6) is 5.75 Å². The van der Waals surface area contributed by atoms with Gasteiger partial charge in [-0.25, -0.2) is 0 Å². The van der Waals surface area contributed by atoms with Gasteiger partial charge >= 0.3 is 0 Å². The number of rotatable bonds is 6. The molecule has 0 aliphatic carbocycles. The van der Waals surface area contributed by atoms with Crippen molar-refractivity contribution in [3.05, 3.63) is 29.8 Å². The number of carbonyl (C=O) groups is 1. The van der Waals surface area contributed by atoms with Gasteiger partial charge in [0.05, 0.1) is 6.54 Å². The van der Waals surface area contributed by atoms with Crippen LogP contribution < -0.4 is 15.4 Å². The van der Waals surface area contributed by atoms with Crippen LogP contribution in [0.4, 0.5) is 0 Å². The number of hydrogen-bond donors (Lipinski definition) is 2. The average Bonchev–Trinajstić information content (AvgIpc) is 2.25. The molecule has 1 aromatic carbocycles. The Balaban J connectivity index is 2.35. The molecule has 1 aromatic rings. The highest BCUT2D eigenvalue weighted by Crippen LogP contribution is 2.12. The van der Waals surface area contributed by atoms with Gasteiger partial charge in [0.1, 0.15) is 12.4 Å². The van der Waals surface area contributed by atoms with Crippen LogP contribution in [0.15, 0.2) is 24.3 Å². The molecule has 0 radical (unpaired) electrons. The molecule has 0 heterocycles. The van der Waals surface area contributed by atoms with Crippen molar-refractivity contribution in [2.45, 2.75) is 13.5 Å². The van der Waals surface area contributed by atoms with Crippen LogP contribution in [0, 0.1) is 0 Å². The van der Waals surface area contributed by atoms with Gasteiger partial charge in [-0.1, -0.05) is 12.1 Å². The van der Waals surface area contributed by atoms with Gasteiger partial charge in [-0.05, 0) is 24.7 Å². The van der Waals surface area contributed by atoms with Gasteiger partial charge in [0.15, 0.2) is 0 Å². The minimum absolute atomic E-state index is 0.0347. The molecule has 0 saturated heterocycles. The van der Waals surface area contributed by atoms with E-state index in [0.29, 0.717) is 13.2 Å². The first-order chi connectivity index (χ1) is 7.72. The van der Waals surface area contributed by atoms with Gasteiger partial charge in [-0.15, -0.1) is 0 Å². The molecule has 0 bridgehead atoms. The summed E-state index contributed by atoms with van der Waals surface area (Å²) < 4.78 is 5.50. The summed E-state index contributed by atoms with van der Waals surface area (Å²) in [5, 5.41) is 5.76. The highest BCUT2D eigenvalue weighted by Gasteiger charge is 1.96. The first-order valence-electron chi connectivity index (χ1n) is 5.33. The van der Waals surface area contributed by atoms with E-state index in [-0.39, 0.29) is 5.91 Å². The van der Waals surface area contributed by atoms with Crippen molar-refractivity contribution >= 4 is 5.91 Å². The van der Waals surface area contributed by atoms with Gasteiger partial charge < -0.3 is 15.4 Å². The molecule has 0 saturated carbocycles. The largest absolute Gasteiger partial charge is 0.492 e. The summed E-state index contributed by atoms with van der Waals surface area (Å²) in [7, 11) is 1.91. The molecular weight excluding hydrogens is 204 g/mol. The smallest absolute Gasteiger partial charge is 0.216 e. The van der Waals surface area contributed by atoms with Crippen LogP contribution >= 0.6 is 0 Å². The lowest BCUT2D eigenvalue weighted by molar-refractivity contribution is -0.119. The maximum absolute atomic E-state index is 10.6. The second-order valence-corrected chi connectivity index (χ2v) is 3.51. The van der Waals surface area contributed by atoms with E-state index in [2.05, 4.69) is 10.6 Å². The Morgan fingerprint density at radius 1 is 1.44 bits per heavy atom. The number of nitrogens with one attached hydrogen (secondary N) is 2. The molecule has 4 nitrogen and oxygen atoms in total. The molecule has 2 N–H and O–H groups in total. The lowest BCUT2D eigenvalue weighted by Crippen LogP contribution is -2.25. The second-order valence-electron chi connectivity index (χ2n) is 3.51. The number of carbonyl (C=O) groups excluding carboxylic acids is 1. The fourth-order valence-corrected chi connectivity index (χ4v) is 1.35. The van der Waals surface area contributed by atoms with E-state index >= 15 is 0 Å². The first-order valence-corrected chi connectivity index (χ1v) is 5.33. The summed E-state index contributed by atoms with van der Waals surface area (Å²) >= 11 is 0. The van der Waals surface area contributed by atoms with E-state index in [1.54, 1.807) is 0 Å². The van der Waals surface area contributed by atoms with Crippen molar-refractivity contribution in [1.29, 1.82) is 0 Å². The fraction of sp³-hybridized carbons (Fsp3) is 0.417. The fourth-order valence-electron chi connectivity index (χ4n) is 1.35. The quantitative estimate of drug-likeness (QED) is 0.704. The first kappa shape index (κ1) is 12.5. The molecule has 0 unspecified atom stereocenters. The Hall–Kier alpha value is -1.55. The Bertz CT molecular complexity index is 340. The zero-order valence-electron chi connectivity index (χ0n) is 9.75. The highest BCUT2D eigenvalue weighted by atomic mass is 16.5. The Kier molecular flexibility index (Phi) is 5.36. The molecule has 0 spiro atoms. The minimum atomic E-state index is -0.0347. The SMILES string of the molecule is CNCc1cccc(OCCNC(C)=O)c1. The Morgan fingerprint density at radius 2 is 2.25 bits per heavy atom. The summed E-state index contributed by atoms with van der Waals surface area (Å²) in [4.78, 5) is 10.6. The molecule has 0 aliphatic heterocycles. The molecule has 1 rings (SSSR count). The summed E-state index contributed by atoms with van der Waals surface area (Å²) in [6.45, 7) is 3.34. The average molecular weight is 222 g/mol. The topological polar surface area (TPSA) is 50.4 Å². The van der Waals surface area contributed by atoms with Crippen LogP contribution in [0.3, 0.4) is 0 Å². The van der Waals surface area contributed by atoms with Crippen molar-refractivity contribution in [2.24, 2.45) is 0 Å². The molecule has 88 valence electrons. The number of benzene rings is 1. The van der Waals surface area contributed by atoms with E-state index in [9.17, 15) is 4.79 Å². The second kappa shape index (κ2) is 6.85. The van der Waals surface area contributed by atoms with E-state index in [4.69, 9.17) is 4.74 Å². The van der Waals surface area contributed by atoms with Crippen LogP contribution in [0.2, 0.25) is 0 Å². The van der Waals surface area contributed by atoms with E-state index in [1.807, 2.05) is 31.3 Å². The van der Waals surface area contributed by atoms with Crippen molar-refractivity contribution < 1.29 is 9.53 Å². The van der Waals surface area contributed by atoms with Gasteiger partial charge in [0.2, 0.25) is 5.91 Å². The van der Waals surface area contributed by atoms with Crippen molar-refractivity contribution in [2.75, 3.05) is 20.2 Å². The van der Waals surface area contributed by atoms with Gasteiger partial charge in [0, 0.05) is 13.5 Å². The third kappa shape index (κ3) is 4.79. The maximum Gasteiger partial charge on any atom is 0.216 e. The minimum Gasteiger partial charge on any atom is -0.492 e. The third-order valence-electron chi connectivity index (χ3n) is 2.02. The van der Waals surface area contributed by atoms with E-state index < -0.39 is 0 Å². The Morgan fingerprint density at radius 3 is 2.94 bits per heavy atom. The van der Waals surface area contributed by atoms with Gasteiger partial charge in [0.25, 0.3) is 0 Å². The highest BCUT2D eigenvalue weighted by molar-refractivity contribution is 5.72. The predicted molar refractivity (Wildman–Crippen MR) is 63.4 cm³/mol. The summed E-state index contributed by atoms with van der Waals surface area (Å²) in [6, 6.07) is 7.90. The molecule has 0 fully saturated rings. The zero-order chi connectivity index (χ0) is 11.8. The molecule has 0 aliphatic rings. The number of hydrogen-bond acceptors (Lipinski definition) is 3. The van der Waals surface area contributed by atoms with E-state index in [1.165, 1.54) is 12.5 Å². The lowest BCUT2D eigenvalue weighted by Gasteiger charge is -2.08. The normalized spacial score (nSPS) is 9.88. The molecule has 0 atom stereocenters. The monoisotopic (exact) mass is 222 g/mol. The molecular formula is C12H18N2O2. The molecule has 4 heteroatoms. The third-order valence-corrected chi connectivity index (χ3v) is 2.02. The summed E-state index contributed by atoms with van der Waals surface area (Å²) in [5.41, 5.74) is 1.18. The Labute approximate surface area is 96.0 Å². The van der Waals surface area contributed by atoms with Crippen LogP contribution in [0.25, 0.3) is 0 Å². The number of ether oxygens (including phenoxy) is 1. The lowest BCUT2D eigenvalue weighted by atomic mass is 10.2. The summed E-state index contributed by atoms with van der Waals surface area (Å²) in [5.74, 6) is 0.797. The molecule has 16 heavy (non-hydrogen) atoms. The molecule has 1 amide bonds. The van der Waals surface area contributed by atoms with E-state index in [0.717, 1.165) is 12.3 Å².